The van der Waals surface area contributed by atoms with Crippen LogP contribution in [0, 0.1) is 6.92 Å². The number of aryl methyl sites for hydroxylation is 1. The minimum Gasteiger partial charge on any atom is -0.481 e. The van der Waals surface area contributed by atoms with Crippen LogP contribution in [0.4, 0.5) is 0 Å². The number of furan rings is 1. The maximum atomic E-state index is 11.8. The zero-order chi connectivity index (χ0) is 17.5. The molecule has 130 valence electrons. The molecule has 0 spiro atoms. The molecule has 0 aliphatic heterocycles. The Morgan fingerprint density at radius 2 is 1.83 bits per heavy atom. The van der Waals surface area contributed by atoms with Crippen molar-refractivity contribution >= 4 is 21.9 Å². The second-order valence-corrected chi connectivity index (χ2v) is 6.77. The van der Waals surface area contributed by atoms with Gasteiger partial charge in [-0.1, -0.05) is 19.3 Å². The Morgan fingerprint density at radius 3 is 2.39 bits per heavy atom. The van der Waals surface area contributed by atoms with E-state index in [9.17, 15) is 18.0 Å². The quantitative estimate of drug-likeness (QED) is 0.547. The average Bonchev–Trinajstić information content (AvgIpc) is 2.83. The van der Waals surface area contributed by atoms with Gasteiger partial charge in [0.05, 0.1) is 0 Å². The minimum atomic E-state index is -3.91. The largest absolute Gasteiger partial charge is 0.481 e. The average molecular weight is 346 g/mol. The summed E-state index contributed by atoms with van der Waals surface area (Å²) in [6.07, 6.45) is 4.21. The number of sulfonamides is 1. The Morgan fingerprint density at radius 1 is 1.22 bits per heavy atom. The molecule has 1 aromatic rings. The summed E-state index contributed by atoms with van der Waals surface area (Å²) in [5.74, 6) is -1.29. The summed E-state index contributed by atoms with van der Waals surface area (Å²) in [6, 6.07) is 1.12. The fourth-order valence-electron chi connectivity index (χ4n) is 2.08. The highest BCUT2D eigenvalue weighted by atomic mass is 32.2. The summed E-state index contributed by atoms with van der Waals surface area (Å²) < 4.78 is 27.6. The zero-order valence-electron chi connectivity index (χ0n) is 13.0. The molecule has 23 heavy (non-hydrogen) atoms. The summed E-state index contributed by atoms with van der Waals surface area (Å²) in [7, 11) is -3.91. The van der Waals surface area contributed by atoms with Crippen molar-refractivity contribution in [2.75, 3.05) is 6.54 Å². The lowest BCUT2D eigenvalue weighted by Crippen LogP contribution is -2.24. The van der Waals surface area contributed by atoms with Gasteiger partial charge in [0.2, 0.25) is 10.0 Å². The van der Waals surface area contributed by atoms with Crippen LogP contribution in [-0.2, 0) is 14.8 Å². The first-order valence-corrected chi connectivity index (χ1v) is 8.89. The van der Waals surface area contributed by atoms with Gasteiger partial charge in [0.15, 0.2) is 5.76 Å². The molecule has 4 N–H and O–H groups in total. The molecular weight excluding hydrogens is 324 g/mol. The molecule has 0 saturated heterocycles. The number of nitrogens with one attached hydrogen (secondary N) is 1. The van der Waals surface area contributed by atoms with Crippen LogP contribution in [0.3, 0.4) is 0 Å². The van der Waals surface area contributed by atoms with E-state index in [2.05, 4.69) is 5.32 Å². The molecule has 0 radical (unpaired) electrons. The molecule has 0 saturated carbocycles. The van der Waals surface area contributed by atoms with Gasteiger partial charge in [-0.15, -0.1) is 0 Å². The number of aliphatic carboxylic acids is 1. The molecule has 0 atom stereocenters. The van der Waals surface area contributed by atoms with Gasteiger partial charge in [0, 0.05) is 19.0 Å². The summed E-state index contributed by atoms with van der Waals surface area (Å²) >= 11 is 0. The molecule has 1 heterocycles. The lowest BCUT2D eigenvalue weighted by molar-refractivity contribution is -0.137. The van der Waals surface area contributed by atoms with Crippen molar-refractivity contribution in [2.45, 2.75) is 50.3 Å². The van der Waals surface area contributed by atoms with Gasteiger partial charge < -0.3 is 14.8 Å². The highest BCUT2D eigenvalue weighted by Crippen LogP contribution is 2.18. The number of hydrogen-bond acceptors (Lipinski definition) is 5. The monoisotopic (exact) mass is 346 g/mol. The van der Waals surface area contributed by atoms with E-state index in [0.29, 0.717) is 13.0 Å². The number of hydrogen-bond donors (Lipinski definition) is 3. The lowest BCUT2D eigenvalue weighted by atomic mass is 10.1. The molecule has 0 bridgehead atoms. The fourth-order valence-corrected chi connectivity index (χ4v) is 2.79. The number of rotatable bonds is 10. The summed E-state index contributed by atoms with van der Waals surface area (Å²) in [6.45, 7) is 1.86. The van der Waals surface area contributed by atoms with Crippen LogP contribution in [-0.4, -0.2) is 31.9 Å². The molecule has 0 fully saturated rings. The van der Waals surface area contributed by atoms with Gasteiger partial charge in [-0.25, -0.2) is 13.6 Å². The van der Waals surface area contributed by atoms with Crippen LogP contribution in [0.1, 0.15) is 54.8 Å². The molecule has 9 heteroatoms. The van der Waals surface area contributed by atoms with Gasteiger partial charge in [-0.05, 0) is 19.8 Å². The van der Waals surface area contributed by atoms with Gasteiger partial charge >= 0.3 is 5.97 Å². The summed E-state index contributed by atoms with van der Waals surface area (Å²) in [4.78, 5) is 22.0. The molecule has 0 aliphatic rings. The fraction of sp³-hybridized carbons (Fsp3) is 0.571. The van der Waals surface area contributed by atoms with E-state index in [4.69, 9.17) is 14.7 Å². The Balaban J connectivity index is 2.29. The predicted molar refractivity (Wildman–Crippen MR) is 82.5 cm³/mol. The molecule has 1 rings (SSSR count). The summed E-state index contributed by atoms with van der Waals surface area (Å²) in [5, 5.41) is 16.1. The summed E-state index contributed by atoms with van der Waals surface area (Å²) in [5.41, 5.74) is 0. The number of amides is 1. The first-order chi connectivity index (χ1) is 10.7. The standard InChI is InChI=1S/C14H22N2O6S/c1-10-12(23(15,20)21)9-11(22-10)14(19)16-8-6-4-2-3-5-7-13(17)18/h9H,2-8H2,1H3,(H,16,19)(H,17,18)(H2,15,20,21). The van der Waals surface area contributed by atoms with E-state index in [1.165, 1.54) is 6.92 Å². The molecule has 1 amide bonds. The van der Waals surface area contributed by atoms with Crippen LogP contribution in [0.5, 0.6) is 0 Å². The first kappa shape index (κ1) is 19.2. The number of carboxylic acids is 1. The second-order valence-electron chi connectivity index (χ2n) is 5.24. The number of primary sulfonamides is 1. The van der Waals surface area contributed by atoms with E-state index in [1.54, 1.807) is 0 Å². The van der Waals surface area contributed by atoms with Crippen molar-refractivity contribution in [1.82, 2.24) is 5.32 Å². The Labute approximate surface area is 135 Å². The highest BCUT2D eigenvalue weighted by Gasteiger charge is 2.20. The maximum absolute atomic E-state index is 11.8. The second kappa shape index (κ2) is 8.68. The lowest BCUT2D eigenvalue weighted by Gasteiger charge is -2.03. The molecule has 0 aliphatic carbocycles. The van der Waals surface area contributed by atoms with Crippen molar-refractivity contribution in [2.24, 2.45) is 5.14 Å². The molecule has 8 nitrogen and oxygen atoms in total. The van der Waals surface area contributed by atoms with Crippen molar-refractivity contribution in [3.63, 3.8) is 0 Å². The molecular formula is C14H22N2O6S. The predicted octanol–water partition coefficient (Wildman–Crippen LogP) is 1.39. The third-order valence-electron chi connectivity index (χ3n) is 3.26. The Kier molecular flexibility index (Phi) is 7.24. The smallest absolute Gasteiger partial charge is 0.303 e. The number of carbonyl (C=O) groups excluding carboxylic acids is 1. The first-order valence-electron chi connectivity index (χ1n) is 7.35. The van der Waals surface area contributed by atoms with E-state index in [-0.39, 0.29) is 22.8 Å². The van der Waals surface area contributed by atoms with Crippen molar-refractivity contribution in [1.29, 1.82) is 0 Å². The molecule has 0 aromatic carbocycles. The Bertz CT molecular complexity index is 650. The topological polar surface area (TPSA) is 140 Å². The van der Waals surface area contributed by atoms with E-state index in [1.807, 2.05) is 0 Å². The van der Waals surface area contributed by atoms with Crippen LogP contribution in [0.25, 0.3) is 0 Å². The van der Waals surface area contributed by atoms with Crippen LogP contribution < -0.4 is 10.5 Å². The van der Waals surface area contributed by atoms with Gasteiger partial charge in [-0.2, -0.15) is 0 Å². The van der Waals surface area contributed by atoms with E-state index < -0.39 is 21.9 Å². The van der Waals surface area contributed by atoms with E-state index >= 15 is 0 Å². The maximum Gasteiger partial charge on any atom is 0.303 e. The molecule has 0 unspecified atom stereocenters. The highest BCUT2D eigenvalue weighted by molar-refractivity contribution is 7.89. The number of unbranched alkanes of at least 4 members (excludes halogenated alkanes) is 4. The number of carbonyl (C=O) groups is 2. The number of carboxylic acid groups (broad SMARTS) is 1. The van der Waals surface area contributed by atoms with Crippen molar-refractivity contribution in [3.05, 3.63) is 17.6 Å². The van der Waals surface area contributed by atoms with Gasteiger partial charge in [0.1, 0.15) is 10.7 Å². The van der Waals surface area contributed by atoms with Crippen LogP contribution >= 0.6 is 0 Å². The third-order valence-corrected chi connectivity index (χ3v) is 4.27. The minimum absolute atomic E-state index is 0.0797. The normalized spacial score (nSPS) is 11.4. The van der Waals surface area contributed by atoms with Crippen molar-refractivity contribution in [3.8, 4) is 0 Å². The van der Waals surface area contributed by atoms with E-state index in [0.717, 1.165) is 31.7 Å². The number of nitrogens with two attached hydrogens (primary N) is 1. The van der Waals surface area contributed by atoms with Crippen LogP contribution in [0.2, 0.25) is 0 Å². The van der Waals surface area contributed by atoms with Crippen LogP contribution in [0.15, 0.2) is 15.4 Å². The zero-order valence-corrected chi connectivity index (χ0v) is 13.8. The molecule has 1 aromatic heterocycles. The van der Waals surface area contributed by atoms with Gasteiger partial charge in [-0.3, -0.25) is 9.59 Å². The van der Waals surface area contributed by atoms with Gasteiger partial charge in [0.25, 0.3) is 5.91 Å². The van der Waals surface area contributed by atoms with Crippen molar-refractivity contribution < 1.29 is 27.5 Å². The third kappa shape index (κ3) is 6.83. The SMILES string of the molecule is Cc1oc(C(=O)NCCCCCCCC(=O)O)cc1S(N)(=O)=O. The Hall–Kier alpha value is -1.87.